The molecule has 2 aromatic heterocycles. The predicted molar refractivity (Wildman–Crippen MR) is 93.9 cm³/mol. The molecule has 3 aromatic rings. The standard InChI is InChI=1S/C16H14N4O2S2/c17-24(21,22)12-3-1-2-11(8-12)19-16-18-9-10-4-5-14-13(6-7-23-14)15(10)20-16/h1-3,6-9H,4-5H2,(H2,17,21,22)(H,18,19,20). The lowest BCUT2D eigenvalue weighted by atomic mass is 9.96. The summed E-state index contributed by atoms with van der Waals surface area (Å²) < 4.78 is 22.9. The molecule has 0 saturated heterocycles. The molecule has 1 aliphatic carbocycles. The van der Waals surface area contributed by atoms with E-state index in [0.717, 1.165) is 29.7 Å². The topological polar surface area (TPSA) is 98.0 Å². The van der Waals surface area contributed by atoms with Crippen LogP contribution in [0.3, 0.4) is 0 Å². The van der Waals surface area contributed by atoms with Crippen molar-refractivity contribution in [2.45, 2.75) is 17.7 Å². The number of hydrogen-bond donors (Lipinski definition) is 2. The minimum Gasteiger partial charge on any atom is -0.324 e. The van der Waals surface area contributed by atoms with Crippen molar-refractivity contribution in [2.24, 2.45) is 5.14 Å². The van der Waals surface area contributed by atoms with Crippen molar-refractivity contribution in [1.82, 2.24) is 9.97 Å². The third-order valence-corrected chi connectivity index (χ3v) is 5.80. The molecule has 0 saturated carbocycles. The second-order valence-corrected chi connectivity index (χ2v) is 8.08. The van der Waals surface area contributed by atoms with Gasteiger partial charge in [0.15, 0.2) is 0 Å². The van der Waals surface area contributed by atoms with E-state index in [1.54, 1.807) is 23.5 Å². The van der Waals surface area contributed by atoms with Gasteiger partial charge in [-0.25, -0.2) is 23.5 Å². The quantitative estimate of drug-likeness (QED) is 0.750. The summed E-state index contributed by atoms with van der Waals surface area (Å²) in [6, 6.07) is 8.36. The van der Waals surface area contributed by atoms with Gasteiger partial charge in [-0.3, -0.25) is 0 Å². The Balaban J connectivity index is 1.69. The van der Waals surface area contributed by atoms with Crippen LogP contribution in [0.5, 0.6) is 0 Å². The first kappa shape index (κ1) is 15.3. The molecular weight excluding hydrogens is 344 g/mol. The van der Waals surface area contributed by atoms with Crippen molar-refractivity contribution in [3.63, 3.8) is 0 Å². The fourth-order valence-electron chi connectivity index (χ4n) is 2.76. The van der Waals surface area contributed by atoms with Gasteiger partial charge in [-0.2, -0.15) is 0 Å². The number of sulfonamides is 1. The van der Waals surface area contributed by atoms with Crippen LogP contribution >= 0.6 is 11.3 Å². The SMILES string of the molecule is NS(=O)(=O)c1cccc(Nc2ncc3c(n2)-c2ccsc2CC3)c1. The second kappa shape index (κ2) is 5.66. The fraction of sp³-hybridized carbons (Fsp3) is 0.125. The highest BCUT2D eigenvalue weighted by Gasteiger charge is 2.19. The van der Waals surface area contributed by atoms with Crippen LogP contribution in [0, 0.1) is 0 Å². The van der Waals surface area contributed by atoms with E-state index in [1.807, 2.05) is 6.20 Å². The molecule has 0 amide bonds. The molecule has 24 heavy (non-hydrogen) atoms. The van der Waals surface area contributed by atoms with E-state index >= 15 is 0 Å². The lowest BCUT2D eigenvalue weighted by Crippen LogP contribution is -2.12. The maximum atomic E-state index is 11.5. The summed E-state index contributed by atoms with van der Waals surface area (Å²) >= 11 is 1.74. The zero-order chi connectivity index (χ0) is 16.7. The van der Waals surface area contributed by atoms with Gasteiger partial charge in [-0.15, -0.1) is 11.3 Å². The average Bonchev–Trinajstić information content (AvgIpc) is 3.03. The summed E-state index contributed by atoms with van der Waals surface area (Å²) in [5, 5.41) is 10.3. The Labute approximate surface area is 143 Å². The van der Waals surface area contributed by atoms with Gasteiger partial charge in [0.05, 0.1) is 10.6 Å². The maximum absolute atomic E-state index is 11.5. The summed E-state index contributed by atoms with van der Waals surface area (Å²) in [5.74, 6) is 0.430. The molecule has 6 nitrogen and oxygen atoms in total. The number of nitrogens with zero attached hydrogens (tertiary/aromatic N) is 2. The maximum Gasteiger partial charge on any atom is 0.238 e. The summed E-state index contributed by atoms with van der Waals surface area (Å²) in [7, 11) is -3.74. The lowest BCUT2D eigenvalue weighted by Gasteiger charge is -2.16. The molecule has 0 unspecified atom stereocenters. The molecule has 4 rings (SSSR count). The highest BCUT2D eigenvalue weighted by atomic mass is 32.2. The Morgan fingerprint density at radius 2 is 2.08 bits per heavy atom. The van der Waals surface area contributed by atoms with E-state index in [4.69, 9.17) is 5.14 Å². The Morgan fingerprint density at radius 3 is 2.92 bits per heavy atom. The summed E-state index contributed by atoms with van der Waals surface area (Å²) in [6.45, 7) is 0. The van der Waals surface area contributed by atoms with Gasteiger partial charge in [0.1, 0.15) is 0 Å². The van der Waals surface area contributed by atoms with Crippen molar-refractivity contribution >= 4 is 33.0 Å². The van der Waals surface area contributed by atoms with Crippen LogP contribution in [0.4, 0.5) is 11.6 Å². The van der Waals surface area contributed by atoms with Gasteiger partial charge in [0.25, 0.3) is 0 Å². The summed E-state index contributed by atoms with van der Waals surface area (Å²) in [5.41, 5.74) is 3.80. The monoisotopic (exact) mass is 358 g/mol. The van der Waals surface area contributed by atoms with Crippen molar-refractivity contribution in [3.8, 4) is 11.3 Å². The number of fused-ring (bicyclic) bond motifs is 3. The minimum atomic E-state index is -3.74. The van der Waals surface area contributed by atoms with Crippen LogP contribution in [0.25, 0.3) is 11.3 Å². The van der Waals surface area contributed by atoms with Gasteiger partial charge >= 0.3 is 0 Å². The van der Waals surface area contributed by atoms with Gasteiger partial charge in [0.2, 0.25) is 16.0 Å². The molecule has 0 radical (unpaired) electrons. The van der Waals surface area contributed by atoms with Crippen molar-refractivity contribution in [3.05, 3.63) is 52.3 Å². The van der Waals surface area contributed by atoms with E-state index in [9.17, 15) is 8.42 Å². The average molecular weight is 358 g/mol. The van der Waals surface area contributed by atoms with E-state index < -0.39 is 10.0 Å². The Kier molecular flexibility index (Phi) is 3.60. The second-order valence-electron chi connectivity index (χ2n) is 5.52. The first-order chi connectivity index (χ1) is 11.5. The molecule has 8 heteroatoms. The third-order valence-electron chi connectivity index (χ3n) is 3.91. The first-order valence-electron chi connectivity index (χ1n) is 7.33. The largest absolute Gasteiger partial charge is 0.324 e. The first-order valence-corrected chi connectivity index (χ1v) is 9.76. The van der Waals surface area contributed by atoms with Crippen molar-refractivity contribution < 1.29 is 8.42 Å². The van der Waals surface area contributed by atoms with Crippen LogP contribution < -0.4 is 10.5 Å². The zero-order valence-electron chi connectivity index (χ0n) is 12.6. The number of aryl methyl sites for hydroxylation is 2. The van der Waals surface area contributed by atoms with E-state index in [1.165, 1.54) is 17.0 Å². The van der Waals surface area contributed by atoms with E-state index in [-0.39, 0.29) is 4.90 Å². The normalized spacial score (nSPS) is 13.2. The summed E-state index contributed by atoms with van der Waals surface area (Å²) in [6.07, 6.45) is 3.78. The minimum absolute atomic E-state index is 0.0468. The molecule has 3 N–H and O–H groups in total. The van der Waals surface area contributed by atoms with Crippen LogP contribution in [0.15, 0.2) is 46.8 Å². The predicted octanol–water partition coefficient (Wildman–Crippen LogP) is 2.69. The van der Waals surface area contributed by atoms with Crippen LogP contribution in [0.2, 0.25) is 0 Å². The molecule has 0 aliphatic heterocycles. The third kappa shape index (κ3) is 2.79. The number of aromatic nitrogens is 2. The Bertz CT molecular complexity index is 1030. The number of nitrogens with one attached hydrogen (secondary N) is 1. The fourth-order valence-corrected chi connectivity index (χ4v) is 4.20. The molecule has 1 aliphatic rings. The van der Waals surface area contributed by atoms with Crippen molar-refractivity contribution in [2.75, 3.05) is 5.32 Å². The van der Waals surface area contributed by atoms with E-state index in [0.29, 0.717) is 11.6 Å². The molecule has 0 bridgehead atoms. The Hall–Kier alpha value is -2.29. The summed E-state index contributed by atoms with van der Waals surface area (Å²) in [4.78, 5) is 10.3. The van der Waals surface area contributed by atoms with Crippen LogP contribution in [-0.2, 0) is 22.9 Å². The van der Waals surface area contributed by atoms with Gasteiger partial charge in [-0.05, 0) is 48.1 Å². The number of primary sulfonamides is 1. The van der Waals surface area contributed by atoms with Crippen LogP contribution in [0.1, 0.15) is 10.4 Å². The molecule has 0 fully saturated rings. The number of anilines is 2. The van der Waals surface area contributed by atoms with E-state index in [2.05, 4.69) is 26.7 Å². The highest BCUT2D eigenvalue weighted by molar-refractivity contribution is 7.89. The van der Waals surface area contributed by atoms with Gasteiger partial charge in [0, 0.05) is 22.3 Å². The zero-order valence-corrected chi connectivity index (χ0v) is 14.2. The molecule has 2 heterocycles. The van der Waals surface area contributed by atoms with Crippen molar-refractivity contribution in [1.29, 1.82) is 0 Å². The Morgan fingerprint density at radius 1 is 1.21 bits per heavy atom. The van der Waals surface area contributed by atoms with Crippen LogP contribution in [-0.4, -0.2) is 18.4 Å². The highest BCUT2D eigenvalue weighted by Crippen LogP contribution is 2.35. The molecule has 0 spiro atoms. The smallest absolute Gasteiger partial charge is 0.238 e. The number of rotatable bonds is 3. The molecule has 1 aromatic carbocycles. The number of benzene rings is 1. The van der Waals surface area contributed by atoms with Gasteiger partial charge < -0.3 is 5.32 Å². The number of nitrogens with two attached hydrogens (primary N) is 1. The number of hydrogen-bond acceptors (Lipinski definition) is 6. The lowest BCUT2D eigenvalue weighted by molar-refractivity contribution is 0.598. The molecule has 0 atom stereocenters. The van der Waals surface area contributed by atoms with Gasteiger partial charge in [-0.1, -0.05) is 6.07 Å². The molecule has 122 valence electrons. The molecular formula is C16H14N4O2S2. The number of thiophene rings is 1.